The predicted octanol–water partition coefficient (Wildman–Crippen LogP) is 2.11. The maximum Gasteiger partial charge on any atom is 0.153 e. The van der Waals surface area contributed by atoms with Crippen LogP contribution in [0.25, 0.3) is 0 Å². The second-order valence-corrected chi connectivity index (χ2v) is 2.74. The molecule has 0 spiro atoms. The van der Waals surface area contributed by atoms with Crippen molar-refractivity contribution in [1.82, 2.24) is 0 Å². The van der Waals surface area contributed by atoms with Gasteiger partial charge in [0.1, 0.15) is 5.75 Å². The molecule has 0 aliphatic carbocycles. The van der Waals surface area contributed by atoms with Crippen LogP contribution >= 0.6 is 0 Å². The molecule has 0 amide bonds. The third-order valence-electron chi connectivity index (χ3n) is 1.81. The van der Waals surface area contributed by atoms with Crippen LogP contribution in [0.2, 0.25) is 0 Å². The minimum Gasteiger partial charge on any atom is -0.496 e. The van der Waals surface area contributed by atoms with Crippen LogP contribution in [0.15, 0.2) is 30.9 Å². The molecule has 0 aliphatic rings. The van der Waals surface area contributed by atoms with Crippen molar-refractivity contribution in [2.24, 2.45) is 0 Å². The van der Waals surface area contributed by atoms with E-state index in [1.807, 2.05) is 6.07 Å². The van der Waals surface area contributed by atoms with Gasteiger partial charge in [-0.25, -0.2) is 0 Å². The highest BCUT2D eigenvalue weighted by molar-refractivity contribution is 5.81. The molecule has 3 nitrogen and oxygen atoms in total. The summed E-state index contributed by atoms with van der Waals surface area (Å²) in [7, 11) is 1.54. The lowest BCUT2D eigenvalue weighted by molar-refractivity contribution is 0.112. The number of rotatable bonds is 5. The van der Waals surface area contributed by atoms with Gasteiger partial charge in [-0.15, -0.1) is 6.58 Å². The Morgan fingerprint density at radius 1 is 1.57 bits per heavy atom. The van der Waals surface area contributed by atoms with Gasteiger partial charge in [0.2, 0.25) is 0 Å². The first-order chi connectivity index (χ1) is 6.81. The molecule has 0 bridgehead atoms. The predicted molar refractivity (Wildman–Crippen MR) is 57.1 cm³/mol. The van der Waals surface area contributed by atoms with Crippen LogP contribution in [-0.4, -0.2) is 19.9 Å². The molecule has 1 N–H and O–H groups in total. The van der Waals surface area contributed by atoms with Crippen LogP contribution in [0.1, 0.15) is 10.4 Å². The van der Waals surface area contributed by atoms with Gasteiger partial charge in [0, 0.05) is 12.2 Å². The van der Waals surface area contributed by atoms with Crippen molar-refractivity contribution >= 4 is 12.0 Å². The summed E-state index contributed by atoms with van der Waals surface area (Å²) in [6.45, 7) is 4.27. The van der Waals surface area contributed by atoms with Crippen molar-refractivity contribution in [3.05, 3.63) is 36.4 Å². The lowest BCUT2D eigenvalue weighted by Gasteiger charge is -2.07. The van der Waals surface area contributed by atoms with Gasteiger partial charge in [-0.1, -0.05) is 6.08 Å². The van der Waals surface area contributed by atoms with E-state index in [1.165, 1.54) is 0 Å². The van der Waals surface area contributed by atoms with Crippen molar-refractivity contribution in [3.8, 4) is 5.75 Å². The zero-order chi connectivity index (χ0) is 10.4. The first kappa shape index (κ1) is 10.3. The van der Waals surface area contributed by atoms with Crippen LogP contribution in [0.5, 0.6) is 5.75 Å². The molecule has 74 valence electrons. The smallest absolute Gasteiger partial charge is 0.153 e. The molecule has 1 rings (SSSR count). The van der Waals surface area contributed by atoms with Gasteiger partial charge in [0.25, 0.3) is 0 Å². The summed E-state index contributed by atoms with van der Waals surface area (Å²) in [5.41, 5.74) is 1.43. The first-order valence-electron chi connectivity index (χ1n) is 4.29. The molecule has 1 aromatic carbocycles. The molecule has 1 aromatic rings. The van der Waals surface area contributed by atoms with E-state index in [2.05, 4.69) is 11.9 Å². The summed E-state index contributed by atoms with van der Waals surface area (Å²) in [6, 6.07) is 5.36. The summed E-state index contributed by atoms with van der Waals surface area (Å²) in [5, 5.41) is 3.09. The number of carbonyl (C=O) groups is 1. The highest BCUT2D eigenvalue weighted by Gasteiger charge is 2.01. The van der Waals surface area contributed by atoms with Crippen molar-refractivity contribution in [2.45, 2.75) is 0 Å². The largest absolute Gasteiger partial charge is 0.496 e. The number of carbonyl (C=O) groups excluding carboxylic acids is 1. The lowest BCUT2D eigenvalue weighted by Crippen LogP contribution is -1.99. The van der Waals surface area contributed by atoms with Crippen molar-refractivity contribution < 1.29 is 9.53 Å². The maximum absolute atomic E-state index is 10.7. The van der Waals surface area contributed by atoms with Crippen LogP contribution in [-0.2, 0) is 0 Å². The Labute approximate surface area is 83.4 Å². The van der Waals surface area contributed by atoms with Gasteiger partial charge in [-0.3, -0.25) is 4.79 Å². The number of anilines is 1. The Kier molecular flexibility index (Phi) is 3.73. The molecular weight excluding hydrogens is 178 g/mol. The Morgan fingerprint density at radius 3 is 2.93 bits per heavy atom. The quantitative estimate of drug-likeness (QED) is 0.572. The molecule has 0 fully saturated rings. The molecule has 0 saturated heterocycles. The highest BCUT2D eigenvalue weighted by atomic mass is 16.5. The number of ether oxygens (including phenoxy) is 1. The van der Waals surface area contributed by atoms with E-state index in [-0.39, 0.29) is 0 Å². The van der Waals surface area contributed by atoms with Gasteiger partial charge in [-0.2, -0.15) is 0 Å². The Balaban J connectivity index is 2.89. The number of benzene rings is 1. The average Bonchev–Trinajstić information content (AvgIpc) is 2.25. The SMILES string of the molecule is C=CCNc1ccc(OC)c(C=O)c1. The van der Waals surface area contributed by atoms with Crippen molar-refractivity contribution in [3.63, 3.8) is 0 Å². The van der Waals surface area contributed by atoms with Crippen molar-refractivity contribution in [1.29, 1.82) is 0 Å². The van der Waals surface area contributed by atoms with E-state index in [1.54, 1.807) is 25.3 Å². The summed E-state index contributed by atoms with van der Waals surface area (Å²) in [4.78, 5) is 10.7. The van der Waals surface area contributed by atoms with Crippen LogP contribution in [0.4, 0.5) is 5.69 Å². The van der Waals surface area contributed by atoms with Gasteiger partial charge in [0.15, 0.2) is 6.29 Å². The van der Waals surface area contributed by atoms with Crippen molar-refractivity contribution in [2.75, 3.05) is 19.0 Å². The molecule has 0 radical (unpaired) electrons. The van der Waals surface area contributed by atoms with E-state index in [0.717, 1.165) is 12.0 Å². The fourth-order valence-electron chi connectivity index (χ4n) is 1.13. The molecule has 0 atom stereocenters. The first-order valence-corrected chi connectivity index (χ1v) is 4.29. The summed E-state index contributed by atoms with van der Waals surface area (Å²) in [5.74, 6) is 0.587. The fraction of sp³-hybridized carbons (Fsp3) is 0.182. The minimum atomic E-state index is 0.543. The number of methoxy groups -OCH3 is 1. The molecule has 0 aliphatic heterocycles. The summed E-state index contributed by atoms with van der Waals surface area (Å²) < 4.78 is 5.02. The molecule has 0 aromatic heterocycles. The third-order valence-corrected chi connectivity index (χ3v) is 1.81. The summed E-state index contributed by atoms with van der Waals surface area (Å²) >= 11 is 0. The van der Waals surface area contributed by atoms with E-state index < -0.39 is 0 Å². The number of aldehydes is 1. The molecule has 14 heavy (non-hydrogen) atoms. The van der Waals surface area contributed by atoms with E-state index in [9.17, 15) is 4.79 Å². The minimum absolute atomic E-state index is 0.543. The Bertz CT molecular complexity index is 334. The number of nitrogens with one attached hydrogen (secondary N) is 1. The van der Waals surface area contributed by atoms with Crippen LogP contribution in [0, 0.1) is 0 Å². The standard InChI is InChI=1S/C11H13NO2/c1-3-6-12-10-4-5-11(14-2)9(7-10)8-13/h3-5,7-8,12H,1,6H2,2H3. The topological polar surface area (TPSA) is 38.3 Å². The maximum atomic E-state index is 10.7. The van der Waals surface area contributed by atoms with Gasteiger partial charge >= 0.3 is 0 Å². The highest BCUT2D eigenvalue weighted by Crippen LogP contribution is 2.20. The Hall–Kier alpha value is -1.77. The van der Waals surface area contributed by atoms with E-state index >= 15 is 0 Å². The average molecular weight is 191 g/mol. The molecular formula is C11H13NO2. The number of hydrogen-bond acceptors (Lipinski definition) is 3. The van der Waals surface area contributed by atoms with Gasteiger partial charge in [-0.05, 0) is 18.2 Å². The Morgan fingerprint density at radius 2 is 2.36 bits per heavy atom. The van der Waals surface area contributed by atoms with Crippen LogP contribution in [0.3, 0.4) is 0 Å². The third kappa shape index (κ3) is 2.36. The molecule has 0 heterocycles. The zero-order valence-electron chi connectivity index (χ0n) is 8.12. The molecule has 0 unspecified atom stereocenters. The number of hydrogen-bond donors (Lipinski definition) is 1. The van der Waals surface area contributed by atoms with E-state index in [0.29, 0.717) is 17.9 Å². The van der Waals surface area contributed by atoms with Crippen LogP contribution < -0.4 is 10.1 Å². The monoisotopic (exact) mass is 191 g/mol. The molecule has 0 saturated carbocycles. The second-order valence-electron chi connectivity index (χ2n) is 2.74. The normalized spacial score (nSPS) is 9.21. The van der Waals surface area contributed by atoms with E-state index in [4.69, 9.17) is 4.74 Å². The summed E-state index contributed by atoms with van der Waals surface area (Å²) in [6.07, 6.45) is 2.53. The van der Waals surface area contributed by atoms with Gasteiger partial charge < -0.3 is 10.1 Å². The fourth-order valence-corrected chi connectivity index (χ4v) is 1.13. The lowest BCUT2D eigenvalue weighted by atomic mass is 10.2. The zero-order valence-corrected chi connectivity index (χ0v) is 8.12. The molecule has 3 heteroatoms. The second kappa shape index (κ2) is 5.07. The van der Waals surface area contributed by atoms with Gasteiger partial charge in [0.05, 0.1) is 12.7 Å².